The average molecular weight is 294 g/mol. The summed E-state index contributed by atoms with van der Waals surface area (Å²) in [6, 6.07) is 1.76. The van der Waals surface area contributed by atoms with E-state index in [1.807, 2.05) is 20.0 Å². The van der Waals surface area contributed by atoms with Crippen LogP contribution in [0.3, 0.4) is 0 Å². The molecule has 0 radical (unpaired) electrons. The molecule has 1 aromatic rings. The van der Waals surface area contributed by atoms with Gasteiger partial charge < -0.3 is 15.3 Å². The summed E-state index contributed by atoms with van der Waals surface area (Å²) >= 11 is 0. The number of carboxylic acid groups (broad SMARTS) is 1. The fourth-order valence-electron chi connectivity index (χ4n) is 2.74. The lowest BCUT2D eigenvalue weighted by molar-refractivity contribution is -0.143. The SMILES string of the molecule is CC1CC(C(=O)O)CCN1C(=O)NCCc1ccnn1C. The number of nitrogens with zero attached hydrogens (tertiary/aromatic N) is 3. The van der Waals surface area contributed by atoms with Crippen LogP contribution in [-0.2, 0) is 18.3 Å². The van der Waals surface area contributed by atoms with Gasteiger partial charge in [0.2, 0.25) is 0 Å². The summed E-state index contributed by atoms with van der Waals surface area (Å²) in [5.41, 5.74) is 1.06. The molecule has 2 rings (SSSR count). The third-order valence-corrected chi connectivity index (χ3v) is 4.07. The van der Waals surface area contributed by atoms with E-state index in [2.05, 4.69) is 10.4 Å². The number of hydrogen-bond acceptors (Lipinski definition) is 3. The third kappa shape index (κ3) is 3.74. The number of amides is 2. The lowest BCUT2D eigenvalue weighted by atomic mass is 9.92. The Hall–Kier alpha value is -2.05. The van der Waals surface area contributed by atoms with Crippen molar-refractivity contribution in [2.45, 2.75) is 32.2 Å². The fraction of sp³-hybridized carbons (Fsp3) is 0.643. The standard InChI is InChI=1S/C14H22N4O3/c1-10-9-11(13(19)20)5-8-18(10)14(21)15-6-3-12-4-7-16-17(12)2/h4,7,10-11H,3,5-6,8-9H2,1-2H3,(H,15,21)(H,19,20). The number of rotatable bonds is 4. The van der Waals surface area contributed by atoms with Crippen LogP contribution in [0.1, 0.15) is 25.5 Å². The Bertz CT molecular complexity index is 514. The number of carbonyl (C=O) groups is 2. The molecule has 116 valence electrons. The summed E-state index contributed by atoms with van der Waals surface area (Å²) in [5, 5.41) is 16.0. The van der Waals surface area contributed by atoms with Crippen molar-refractivity contribution < 1.29 is 14.7 Å². The maximum absolute atomic E-state index is 12.1. The number of aromatic nitrogens is 2. The van der Waals surface area contributed by atoms with E-state index in [0.717, 1.165) is 12.1 Å². The van der Waals surface area contributed by atoms with Crippen molar-refractivity contribution in [1.29, 1.82) is 0 Å². The molecule has 1 aromatic heterocycles. The molecule has 0 aliphatic carbocycles. The van der Waals surface area contributed by atoms with Crippen LogP contribution in [-0.4, -0.2) is 50.9 Å². The number of hydrogen-bond donors (Lipinski definition) is 2. The number of aryl methyl sites for hydroxylation is 1. The lowest BCUT2D eigenvalue weighted by Crippen LogP contribution is -2.50. The van der Waals surface area contributed by atoms with E-state index in [4.69, 9.17) is 5.11 Å². The topological polar surface area (TPSA) is 87.5 Å². The van der Waals surface area contributed by atoms with Crippen LogP contribution in [0.2, 0.25) is 0 Å². The van der Waals surface area contributed by atoms with Crippen LogP contribution in [0.4, 0.5) is 4.79 Å². The Balaban J connectivity index is 1.78. The molecule has 1 aliphatic heterocycles. The number of carboxylic acids is 1. The molecule has 7 nitrogen and oxygen atoms in total. The fourth-order valence-corrected chi connectivity index (χ4v) is 2.74. The molecule has 0 saturated carbocycles. The van der Waals surface area contributed by atoms with E-state index < -0.39 is 5.97 Å². The van der Waals surface area contributed by atoms with E-state index in [0.29, 0.717) is 25.9 Å². The number of piperidine rings is 1. The molecular weight excluding hydrogens is 272 g/mol. The van der Waals surface area contributed by atoms with Crippen LogP contribution in [0, 0.1) is 5.92 Å². The highest BCUT2D eigenvalue weighted by Gasteiger charge is 2.31. The zero-order valence-electron chi connectivity index (χ0n) is 12.5. The first-order chi connectivity index (χ1) is 9.99. The molecule has 2 atom stereocenters. The van der Waals surface area contributed by atoms with Crippen LogP contribution < -0.4 is 5.32 Å². The van der Waals surface area contributed by atoms with Crippen molar-refractivity contribution >= 4 is 12.0 Å². The molecule has 0 aromatic carbocycles. The van der Waals surface area contributed by atoms with Crippen molar-refractivity contribution in [3.63, 3.8) is 0 Å². The maximum Gasteiger partial charge on any atom is 0.317 e. The Morgan fingerprint density at radius 3 is 2.86 bits per heavy atom. The van der Waals surface area contributed by atoms with Crippen molar-refractivity contribution in [1.82, 2.24) is 20.0 Å². The van der Waals surface area contributed by atoms with E-state index >= 15 is 0 Å². The largest absolute Gasteiger partial charge is 0.481 e. The van der Waals surface area contributed by atoms with Gasteiger partial charge in [-0.15, -0.1) is 0 Å². The highest BCUT2D eigenvalue weighted by Crippen LogP contribution is 2.22. The van der Waals surface area contributed by atoms with Crippen molar-refractivity contribution in [2.24, 2.45) is 13.0 Å². The molecule has 0 spiro atoms. The van der Waals surface area contributed by atoms with Gasteiger partial charge in [-0.25, -0.2) is 4.79 Å². The monoisotopic (exact) mass is 294 g/mol. The molecular formula is C14H22N4O3. The molecule has 1 fully saturated rings. The molecule has 2 N–H and O–H groups in total. The molecule has 2 amide bonds. The van der Waals surface area contributed by atoms with Gasteiger partial charge in [-0.3, -0.25) is 9.48 Å². The molecule has 2 heterocycles. The van der Waals surface area contributed by atoms with Crippen LogP contribution in [0.25, 0.3) is 0 Å². The maximum atomic E-state index is 12.1. The molecule has 1 saturated heterocycles. The smallest absolute Gasteiger partial charge is 0.317 e. The Morgan fingerprint density at radius 1 is 1.52 bits per heavy atom. The summed E-state index contributed by atoms with van der Waals surface area (Å²) in [6.07, 6.45) is 3.50. The van der Waals surface area contributed by atoms with E-state index in [1.54, 1.807) is 15.8 Å². The second-order valence-electron chi connectivity index (χ2n) is 5.53. The highest BCUT2D eigenvalue weighted by molar-refractivity contribution is 5.75. The first-order valence-corrected chi connectivity index (χ1v) is 7.23. The number of carbonyl (C=O) groups excluding carboxylic acids is 1. The first-order valence-electron chi connectivity index (χ1n) is 7.23. The van der Waals surface area contributed by atoms with Crippen molar-refractivity contribution in [3.05, 3.63) is 18.0 Å². The second kappa shape index (κ2) is 6.60. The Labute approximate surface area is 123 Å². The predicted molar refractivity (Wildman–Crippen MR) is 76.8 cm³/mol. The zero-order valence-corrected chi connectivity index (χ0v) is 12.5. The lowest BCUT2D eigenvalue weighted by Gasteiger charge is -2.36. The first kappa shape index (κ1) is 15.3. The summed E-state index contributed by atoms with van der Waals surface area (Å²) in [4.78, 5) is 24.9. The molecule has 21 heavy (non-hydrogen) atoms. The minimum Gasteiger partial charge on any atom is -0.481 e. The number of aliphatic carboxylic acids is 1. The van der Waals surface area contributed by atoms with Gasteiger partial charge in [0.15, 0.2) is 0 Å². The van der Waals surface area contributed by atoms with Gasteiger partial charge in [0, 0.05) is 44.5 Å². The van der Waals surface area contributed by atoms with Crippen LogP contribution >= 0.6 is 0 Å². The third-order valence-electron chi connectivity index (χ3n) is 4.07. The second-order valence-corrected chi connectivity index (χ2v) is 5.53. The van der Waals surface area contributed by atoms with Gasteiger partial charge in [0.1, 0.15) is 0 Å². The van der Waals surface area contributed by atoms with Gasteiger partial charge in [0.05, 0.1) is 5.92 Å². The normalized spacial score (nSPS) is 22.1. The highest BCUT2D eigenvalue weighted by atomic mass is 16.4. The summed E-state index contributed by atoms with van der Waals surface area (Å²) in [5.74, 6) is -1.10. The molecule has 7 heteroatoms. The molecule has 0 bridgehead atoms. The van der Waals surface area contributed by atoms with E-state index in [-0.39, 0.29) is 18.0 Å². The van der Waals surface area contributed by atoms with E-state index in [1.165, 1.54) is 0 Å². The predicted octanol–water partition coefficient (Wildman–Crippen LogP) is 0.857. The Morgan fingerprint density at radius 2 is 2.29 bits per heavy atom. The number of urea groups is 1. The molecule has 2 unspecified atom stereocenters. The average Bonchev–Trinajstić information content (AvgIpc) is 2.84. The summed E-state index contributed by atoms with van der Waals surface area (Å²) in [7, 11) is 1.87. The van der Waals surface area contributed by atoms with Gasteiger partial charge >= 0.3 is 12.0 Å². The quantitative estimate of drug-likeness (QED) is 0.862. The van der Waals surface area contributed by atoms with Crippen LogP contribution in [0.15, 0.2) is 12.3 Å². The number of nitrogens with one attached hydrogen (secondary N) is 1. The van der Waals surface area contributed by atoms with Gasteiger partial charge in [-0.2, -0.15) is 5.10 Å². The van der Waals surface area contributed by atoms with Gasteiger partial charge in [0.25, 0.3) is 0 Å². The minimum atomic E-state index is -0.766. The van der Waals surface area contributed by atoms with Crippen molar-refractivity contribution in [3.8, 4) is 0 Å². The van der Waals surface area contributed by atoms with E-state index in [9.17, 15) is 9.59 Å². The van der Waals surface area contributed by atoms with Crippen LogP contribution in [0.5, 0.6) is 0 Å². The summed E-state index contributed by atoms with van der Waals surface area (Å²) < 4.78 is 1.78. The minimum absolute atomic E-state index is 0.0449. The summed E-state index contributed by atoms with van der Waals surface area (Å²) in [6.45, 7) is 2.94. The Kier molecular flexibility index (Phi) is 4.82. The van der Waals surface area contributed by atoms with Gasteiger partial charge in [-0.05, 0) is 25.8 Å². The zero-order chi connectivity index (χ0) is 15.4. The van der Waals surface area contributed by atoms with Crippen molar-refractivity contribution in [2.75, 3.05) is 13.1 Å². The number of likely N-dealkylation sites (tertiary alicyclic amines) is 1. The van der Waals surface area contributed by atoms with Gasteiger partial charge in [-0.1, -0.05) is 0 Å². The molecule has 1 aliphatic rings.